The number of rotatable bonds is 6. The van der Waals surface area contributed by atoms with Gasteiger partial charge in [0.25, 0.3) is 0 Å². The van der Waals surface area contributed by atoms with Crippen molar-refractivity contribution in [3.8, 4) is 0 Å². The summed E-state index contributed by atoms with van der Waals surface area (Å²) in [4.78, 5) is 15.4. The average Bonchev–Trinajstić information content (AvgIpc) is 3.14. The topological polar surface area (TPSA) is 53.6 Å². The third kappa shape index (κ3) is 5.33. The lowest BCUT2D eigenvalue weighted by atomic mass is 10.1. The number of carbonyl (C=O) groups is 1. The van der Waals surface area contributed by atoms with E-state index in [2.05, 4.69) is 39.8 Å². The molecule has 128 valence electrons. The minimum Gasteiger partial charge on any atom is -0.379 e. The zero-order valence-electron chi connectivity index (χ0n) is 13.7. The first-order valence-corrected chi connectivity index (χ1v) is 9.09. The van der Waals surface area contributed by atoms with Crippen molar-refractivity contribution in [1.82, 2.24) is 15.5 Å². The van der Waals surface area contributed by atoms with Gasteiger partial charge in [0, 0.05) is 31.1 Å². The van der Waals surface area contributed by atoms with E-state index in [1.807, 2.05) is 17.5 Å². The molecule has 0 unspecified atom stereocenters. The second kappa shape index (κ2) is 8.82. The van der Waals surface area contributed by atoms with E-state index in [0.29, 0.717) is 13.1 Å². The van der Waals surface area contributed by atoms with Crippen LogP contribution in [0.25, 0.3) is 0 Å². The summed E-state index contributed by atoms with van der Waals surface area (Å²) >= 11 is 1.64. The molecule has 1 aliphatic heterocycles. The van der Waals surface area contributed by atoms with Gasteiger partial charge in [-0.25, -0.2) is 4.79 Å². The molecule has 0 radical (unpaired) electrons. The molecular formula is C18H23N3O2S. The Balaban J connectivity index is 1.39. The minimum atomic E-state index is -0.138. The van der Waals surface area contributed by atoms with Crippen LogP contribution in [0, 0.1) is 0 Å². The van der Waals surface area contributed by atoms with Crippen LogP contribution < -0.4 is 10.6 Å². The fourth-order valence-electron chi connectivity index (χ4n) is 2.61. The van der Waals surface area contributed by atoms with E-state index in [1.165, 1.54) is 5.56 Å². The number of thiophene rings is 1. The van der Waals surface area contributed by atoms with Crippen molar-refractivity contribution in [2.75, 3.05) is 26.3 Å². The number of amides is 2. The van der Waals surface area contributed by atoms with Crippen LogP contribution in [-0.4, -0.2) is 37.2 Å². The number of hydrogen-bond acceptors (Lipinski definition) is 4. The maximum atomic E-state index is 11.8. The van der Waals surface area contributed by atoms with Gasteiger partial charge in [-0.3, -0.25) is 4.90 Å². The van der Waals surface area contributed by atoms with Crippen LogP contribution in [0.5, 0.6) is 0 Å². The van der Waals surface area contributed by atoms with Crippen molar-refractivity contribution < 1.29 is 9.53 Å². The summed E-state index contributed by atoms with van der Waals surface area (Å²) in [5.41, 5.74) is 2.40. The molecule has 1 aromatic heterocycles. The summed E-state index contributed by atoms with van der Waals surface area (Å²) in [7, 11) is 0. The van der Waals surface area contributed by atoms with Crippen LogP contribution >= 0.6 is 11.3 Å². The number of benzene rings is 1. The third-order valence-corrected chi connectivity index (χ3v) is 4.87. The summed E-state index contributed by atoms with van der Waals surface area (Å²) in [6, 6.07) is 12.3. The molecule has 0 spiro atoms. The minimum absolute atomic E-state index is 0.138. The first-order valence-electron chi connectivity index (χ1n) is 8.21. The van der Waals surface area contributed by atoms with Crippen molar-refractivity contribution in [3.05, 3.63) is 57.8 Å². The van der Waals surface area contributed by atoms with Gasteiger partial charge in [0.15, 0.2) is 0 Å². The monoisotopic (exact) mass is 345 g/mol. The largest absolute Gasteiger partial charge is 0.379 e. The number of nitrogens with one attached hydrogen (secondary N) is 2. The molecule has 1 saturated heterocycles. The van der Waals surface area contributed by atoms with Crippen LogP contribution in [0.4, 0.5) is 4.79 Å². The Labute approximate surface area is 146 Å². The lowest BCUT2D eigenvalue weighted by Gasteiger charge is -2.26. The quantitative estimate of drug-likeness (QED) is 0.846. The van der Waals surface area contributed by atoms with Gasteiger partial charge < -0.3 is 15.4 Å². The highest BCUT2D eigenvalue weighted by molar-refractivity contribution is 7.09. The Kier molecular flexibility index (Phi) is 6.23. The number of carbonyl (C=O) groups excluding carboxylic acids is 1. The molecule has 1 aromatic carbocycles. The second-order valence-electron chi connectivity index (χ2n) is 5.82. The van der Waals surface area contributed by atoms with Crippen LogP contribution in [0.15, 0.2) is 41.8 Å². The Morgan fingerprint density at radius 2 is 1.75 bits per heavy atom. The van der Waals surface area contributed by atoms with Gasteiger partial charge in [-0.1, -0.05) is 30.3 Å². The standard InChI is InChI=1S/C18H23N3O2S/c22-18(20-13-17-2-1-11-24-17)19-12-15-3-5-16(6-4-15)14-21-7-9-23-10-8-21/h1-6,11H,7-10,12-14H2,(H2,19,20,22). The van der Waals surface area contributed by atoms with Crippen LogP contribution in [0.2, 0.25) is 0 Å². The van der Waals surface area contributed by atoms with E-state index >= 15 is 0 Å². The predicted molar refractivity (Wildman–Crippen MR) is 95.9 cm³/mol. The molecule has 0 saturated carbocycles. The number of ether oxygens (including phenoxy) is 1. The first-order chi connectivity index (χ1) is 11.8. The summed E-state index contributed by atoms with van der Waals surface area (Å²) in [6.45, 7) is 5.70. The van der Waals surface area contributed by atoms with Crippen molar-refractivity contribution in [3.63, 3.8) is 0 Å². The molecule has 0 aliphatic carbocycles. The molecular weight excluding hydrogens is 322 g/mol. The zero-order chi connectivity index (χ0) is 16.6. The number of urea groups is 1. The first kappa shape index (κ1) is 17.0. The van der Waals surface area contributed by atoms with E-state index in [-0.39, 0.29) is 6.03 Å². The van der Waals surface area contributed by atoms with Crippen molar-refractivity contribution in [2.45, 2.75) is 19.6 Å². The smallest absolute Gasteiger partial charge is 0.315 e. The molecule has 6 heteroatoms. The van der Waals surface area contributed by atoms with E-state index in [9.17, 15) is 4.79 Å². The van der Waals surface area contributed by atoms with Crippen molar-refractivity contribution in [1.29, 1.82) is 0 Å². The summed E-state index contributed by atoms with van der Waals surface area (Å²) in [5.74, 6) is 0. The highest BCUT2D eigenvalue weighted by Gasteiger charge is 2.10. The summed E-state index contributed by atoms with van der Waals surface area (Å²) in [5, 5.41) is 7.76. The van der Waals surface area contributed by atoms with Crippen LogP contribution in [-0.2, 0) is 24.4 Å². The molecule has 2 amide bonds. The average molecular weight is 345 g/mol. The van der Waals surface area contributed by atoms with Crippen LogP contribution in [0.1, 0.15) is 16.0 Å². The molecule has 24 heavy (non-hydrogen) atoms. The van der Waals surface area contributed by atoms with Gasteiger partial charge in [-0.2, -0.15) is 0 Å². The van der Waals surface area contributed by atoms with Gasteiger partial charge in [-0.05, 0) is 22.6 Å². The highest BCUT2D eigenvalue weighted by atomic mass is 32.1. The maximum Gasteiger partial charge on any atom is 0.315 e. The van der Waals surface area contributed by atoms with Gasteiger partial charge in [0.05, 0.1) is 19.8 Å². The van der Waals surface area contributed by atoms with Crippen molar-refractivity contribution in [2.24, 2.45) is 0 Å². The molecule has 1 aliphatic rings. The lowest BCUT2D eigenvalue weighted by Crippen LogP contribution is -2.35. The van der Waals surface area contributed by atoms with Gasteiger partial charge in [-0.15, -0.1) is 11.3 Å². The van der Waals surface area contributed by atoms with Gasteiger partial charge >= 0.3 is 6.03 Å². The molecule has 0 atom stereocenters. The van der Waals surface area contributed by atoms with E-state index in [1.54, 1.807) is 11.3 Å². The van der Waals surface area contributed by atoms with Gasteiger partial charge in [0.1, 0.15) is 0 Å². The Bertz CT molecular complexity index is 622. The second-order valence-corrected chi connectivity index (χ2v) is 6.85. The van der Waals surface area contributed by atoms with Crippen molar-refractivity contribution >= 4 is 17.4 Å². The van der Waals surface area contributed by atoms with E-state index < -0.39 is 0 Å². The summed E-state index contributed by atoms with van der Waals surface area (Å²) in [6.07, 6.45) is 0. The Morgan fingerprint density at radius 3 is 2.46 bits per heavy atom. The summed E-state index contributed by atoms with van der Waals surface area (Å²) < 4.78 is 5.37. The molecule has 0 bridgehead atoms. The molecule has 2 aromatic rings. The predicted octanol–water partition coefficient (Wildman–Crippen LogP) is 2.58. The Hall–Kier alpha value is -1.89. The fraction of sp³-hybridized carbons (Fsp3) is 0.389. The van der Waals surface area contributed by atoms with E-state index in [4.69, 9.17) is 4.74 Å². The molecule has 1 fully saturated rings. The molecule has 2 heterocycles. The Morgan fingerprint density at radius 1 is 1.04 bits per heavy atom. The zero-order valence-corrected chi connectivity index (χ0v) is 14.5. The molecule has 2 N–H and O–H groups in total. The lowest BCUT2D eigenvalue weighted by molar-refractivity contribution is 0.0342. The van der Waals surface area contributed by atoms with Gasteiger partial charge in [0.2, 0.25) is 0 Å². The number of nitrogens with zero attached hydrogens (tertiary/aromatic N) is 1. The maximum absolute atomic E-state index is 11.8. The number of hydrogen-bond donors (Lipinski definition) is 2. The fourth-order valence-corrected chi connectivity index (χ4v) is 3.25. The van der Waals surface area contributed by atoms with Crippen LogP contribution in [0.3, 0.4) is 0 Å². The third-order valence-electron chi connectivity index (χ3n) is 3.99. The number of morpholine rings is 1. The molecule has 5 nitrogen and oxygen atoms in total. The highest BCUT2D eigenvalue weighted by Crippen LogP contribution is 2.09. The van der Waals surface area contributed by atoms with E-state index in [0.717, 1.165) is 43.3 Å². The SMILES string of the molecule is O=C(NCc1ccc(CN2CCOCC2)cc1)NCc1cccs1. The normalized spacial score (nSPS) is 15.2. The molecule has 3 rings (SSSR count).